The first-order valence-electron chi connectivity index (χ1n) is 10.2. The summed E-state index contributed by atoms with van der Waals surface area (Å²) in [5.41, 5.74) is 2.55. The summed E-state index contributed by atoms with van der Waals surface area (Å²) in [7, 11) is 0. The van der Waals surface area contributed by atoms with Gasteiger partial charge in [0.15, 0.2) is 0 Å². The van der Waals surface area contributed by atoms with Crippen molar-refractivity contribution in [2.24, 2.45) is 0 Å². The number of hydrogen-bond donors (Lipinski definition) is 1. The van der Waals surface area contributed by atoms with Crippen molar-refractivity contribution in [3.63, 3.8) is 0 Å². The van der Waals surface area contributed by atoms with Gasteiger partial charge in [0, 0.05) is 12.0 Å². The summed E-state index contributed by atoms with van der Waals surface area (Å²) < 4.78 is 7.05. The molecule has 1 aliphatic rings. The van der Waals surface area contributed by atoms with Crippen molar-refractivity contribution >= 4 is 11.7 Å². The van der Waals surface area contributed by atoms with Crippen molar-refractivity contribution in [2.75, 3.05) is 6.61 Å². The van der Waals surface area contributed by atoms with Crippen molar-refractivity contribution in [2.45, 2.75) is 57.8 Å². The summed E-state index contributed by atoms with van der Waals surface area (Å²) in [4.78, 5) is 34.2. The van der Waals surface area contributed by atoms with E-state index in [4.69, 9.17) is 4.74 Å². The number of H-pyrrole nitrogens is 1. The molecule has 2 aromatic heterocycles. The predicted octanol–water partition coefficient (Wildman–Crippen LogP) is 3.02. The smallest absolute Gasteiger partial charge is 0.316 e. The highest BCUT2D eigenvalue weighted by molar-refractivity contribution is 5.83. The Kier molecular flexibility index (Phi) is 5.22. The molecule has 3 aromatic rings. The van der Waals surface area contributed by atoms with Crippen LogP contribution in [0.4, 0.5) is 0 Å². The molecule has 7 heteroatoms. The van der Waals surface area contributed by atoms with Gasteiger partial charge in [-0.1, -0.05) is 49.1 Å². The normalized spacial score (nSPS) is 16.1. The minimum absolute atomic E-state index is 0.157. The molecule has 7 nitrogen and oxygen atoms in total. The van der Waals surface area contributed by atoms with Crippen LogP contribution in [0.3, 0.4) is 0 Å². The summed E-state index contributed by atoms with van der Waals surface area (Å²) in [6.07, 6.45) is 6.55. The number of nitrogens with zero attached hydrogens (tertiary/aromatic N) is 3. The Morgan fingerprint density at radius 1 is 1.24 bits per heavy atom. The van der Waals surface area contributed by atoms with Crippen LogP contribution in [0.25, 0.3) is 5.78 Å². The van der Waals surface area contributed by atoms with E-state index < -0.39 is 5.41 Å². The van der Waals surface area contributed by atoms with Gasteiger partial charge in [-0.15, -0.1) is 0 Å². The Hall–Kier alpha value is -2.96. The molecule has 0 unspecified atom stereocenters. The van der Waals surface area contributed by atoms with E-state index in [1.54, 1.807) is 6.92 Å². The Bertz CT molecular complexity index is 1090. The Balaban J connectivity index is 1.53. The van der Waals surface area contributed by atoms with Crippen molar-refractivity contribution in [3.8, 4) is 0 Å². The van der Waals surface area contributed by atoms with Crippen molar-refractivity contribution in [1.82, 2.24) is 19.6 Å². The van der Waals surface area contributed by atoms with E-state index in [1.165, 1.54) is 10.8 Å². The lowest BCUT2D eigenvalue weighted by Crippen LogP contribution is -2.40. The van der Waals surface area contributed by atoms with Gasteiger partial charge in [0.1, 0.15) is 6.33 Å². The first-order valence-corrected chi connectivity index (χ1v) is 10.2. The van der Waals surface area contributed by atoms with E-state index in [9.17, 15) is 9.59 Å². The molecule has 0 radical (unpaired) electrons. The van der Waals surface area contributed by atoms with Crippen LogP contribution in [0.1, 0.15) is 54.5 Å². The molecule has 1 aliphatic carbocycles. The number of esters is 1. The largest absolute Gasteiger partial charge is 0.465 e. The third-order valence-corrected chi connectivity index (χ3v) is 5.99. The third kappa shape index (κ3) is 3.57. The molecule has 0 bridgehead atoms. The standard InChI is InChI=1S/C22H26N4O3/c1-15-7-6-8-17(13-15)22(10-4-3-5-11-22)20(28)29-12-9-18-16(2)25-21-23-14-24-26(21)19(18)27/h6-8,13-14H,3-5,9-12H2,1-2H3,(H,23,24,25). The summed E-state index contributed by atoms with van der Waals surface area (Å²) in [6.45, 7) is 3.98. The Morgan fingerprint density at radius 3 is 2.79 bits per heavy atom. The number of carbonyl (C=O) groups excluding carboxylic acids is 1. The molecule has 0 atom stereocenters. The molecule has 1 fully saturated rings. The number of benzene rings is 1. The van der Waals surface area contributed by atoms with E-state index in [2.05, 4.69) is 21.1 Å². The van der Waals surface area contributed by atoms with Crippen LogP contribution in [-0.4, -0.2) is 32.2 Å². The third-order valence-electron chi connectivity index (χ3n) is 5.99. The monoisotopic (exact) mass is 394 g/mol. The average molecular weight is 394 g/mol. The van der Waals surface area contributed by atoms with Gasteiger partial charge in [0.2, 0.25) is 0 Å². The van der Waals surface area contributed by atoms with E-state index in [1.807, 2.05) is 25.1 Å². The van der Waals surface area contributed by atoms with Gasteiger partial charge < -0.3 is 4.74 Å². The van der Waals surface area contributed by atoms with Gasteiger partial charge >= 0.3 is 5.97 Å². The zero-order valence-corrected chi connectivity index (χ0v) is 16.9. The van der Waals surface area contributed by atoms with Crippen LogP contribution in [0.15, 0.2) is 35.4 Å². The maximum Gasteiger partial charge on any atom is 0.316 e. The maximum absolute atomic E-state index is 13.2. The van der Waals surface area contributed by atoms with Gasteiger partial charge in [-0.25, -0.2) is 9.97 Å². The van der Waals surface area contributed by atoms with E-state index in [0.717, 1.165) is 43.2 Å². The lowest BCUT2D eigenvalue weighted by molar-refractivity contribution is -0.152. The molecule has 1 aromatic carbocycles. The highest BCUT2D eigenvalue weighted by Crippen LogP contribution is 2.40. The van der Waals surface area contributed by atoms with E-state index in [-0.39, 0.29) is 18.1 Å². The van der Waals surface area contributed by atoms with Crippen LogP contribution in [-0.2, 0) is 21.4 Å². The van der Waals surface area contributed by atoms with Crippen molar-refractivity contribution in [3.05, 3.63) is 63.3 Å². The molecular formula is C22H26N4O3. The summed E-state index contributed by atoms with van der Waals surface area (Å²) >= 11 is 0. The number of aromatic amines is 1. The fourth-order valence-corrected chi connectivity index (χ4v) is 4.38. The van der Waals surface area contributed by atoms with Gasteiger partial charge in [-0.3, -0.25) is 14.7 Å². The minimum Gasteiger partial charge on any atom is -0.465 e. The lowest BCUT2D eigenvalue weighted by atomic mass is 9.69. The summed E-state index contributed by atoms with van der Waals surface area (Å²) in [5.74, 6) is 0.157. The Morgan fingerprint density at radius 2 is 2.03 bits per heavy atom. The number of aryl methyl sites for hydroxylation is 2. The van der Waals surface area contributed by atoms with E-state index in [0.29, 0.717) is 23.5 Å². The molecule has 0 saturated heterocycles. The van der Waals surface area contributed by atoms with Crippen LogP contribution < -0.4 is 5.56 Å². The number of carbonyl (C=O) groups is 1. The van der Waals surface area contributed by atoms with Crippen LogP contribution in [0.2, 0.25) is 0 Å². The first kappa shape index (κ1) is 19.4. The summed E-state index contributed by atoms with van der Waals surface area (Å²) in [6, 6.07) is 8.18. The molecule has 0 spiro atoms. The van der Waals surface area contributed by atoms with Crippen LogP contribution in [0, 0.1) is 13.8 Å². The number of rotatable bonds is 5. The molecule has 29 heavy (non-hydrogen) atoms. The maximum atomic E-state index is 13.2. The number of hydrogen-bond acceptors (Lipinski definition) is 5. The molecule has 4 rings (SSSR count). The minimum atomic E-state index is -0.583. The zero-order chi connectivity index (χ0) is 20.4. The predicted molar refractivity (Wildman–Crippen MR) is 109 cm³/mol. The van der Waals surface area contributed by atoms with Crippen molar-refractivity contribution < 1.29 is 9.53 Å². The number of fused-ring (bicyclic) bond motifs is 1. The lowest BCUT2D eigenvalue weighted by Gasteiger charge is -2.35. The molecular weight excluding hydrogens is 368 g/mol. The SMILES string of the molecule is Cc1cccc(C2(C(=O)OCCc3c(C)nc4nc[nH]n4c3=O)CCCCC2)c1. The highest BCUT2D eigenvalue weighted by atomic mass is 16.5. The highest BCUT2D eigenvalue weighted by Gasteiger charge is 2.42. The summed E-state index contributed by atoms with van der Waals surface area (Å²) in [5, 5.41) is 2.76. The Labute approximate surface area is 169 Å². The first-order chi connectivity index (χ1) is 14.0. The molecule has 1 N–H and O–H groups in total. The number of aromatic nitrogens is 4. The quantitative estimate of drug-likeness (QED) is 0.672. The topological polar surface area (TPSA) is 89.3 Å². The average Bonchev–Trinajstić information content (AvgIpc) is 3.19. The van der Waals surface area contributed by atoms with Gasteiger partial charge in [0.05, 0.1) is 17.7 Å². The molecule has 0 amide bonds. The van der Waals surface area contributed by atoms with Crippen LogP contribution in [0.5, 0.6) is 0 Å². The second kappa shape index (κ2) is 7.81. The fourth-order valence-electron chi connectivity index (χ4n) is 4.38. The van der Waals surface area contributed by atoms with Gasteiger partial charge in [0.25, 0.3) is 11.3 Å². The number of ether oxygens (including phenoxy) is 1. The van der Waals surface area contributed by atoms with E-state index >= 15 is 0 Å². The van der Waals surface area contributed by atoms with Crippen LogP contribution >= 0.6 is 0 Å². The molecule has 0 aliphatic heterocycles. The second-order valence-corrected chi connectivity index (χ2v) is 7.90. The zero-order valence-electron chi connectivity index (χ0n) is 16.9. The van der Waals surface area contributed by atoms with Gasteiger partial charge in [-0.2, -0.15) is 4.52 Å². The second-order valence-electron chi connectivity index (χ2n) is 7.90. The van der Waals surface area contributed by atoms with Gasteiger partial charge in [-0.05, 0) is 32.3 Å². The van der Waals surface area contributed by atoms with Crippen molar-refractivity contribution in [1.29, 1.82) is 0 Å². The molecule has 152 valence electrons. The molecule has 2 heterocycles. The fraction of sp³-hybridized carbons (Fsp3) is 0.455. The molecule has 1 saturated carbocycles. The number of nitrogens with one attached hydrogen (secondary N) is 1.